The third kappa shape index (κ3) is 8.73. The Morgan fingerprint density at radius 3 is 1.87 bits per heavy atom. The van der Waals surface area contributed by atoms with Crippen LogP contribution in [0.5, 0.6) is 23.0 Å². The van der Waals surface area contributed by atoms with E-state index in [0.29, 0.717) is 64.2 Å². The summed E-state index contributed by atoms with van der Waals surface area (Å²) in [4.78, 5) is 34.0. The summed E-state index contributed by atoms with van der Waals surface area (Å²) >= 11 is 0. The molecule has 5 rings (SSSR count). The first kappa shape index (κ1) is 32.7. The van der Waals surface area contributed by atoms with Crippen LogP contribution in [0.2, 0.25) is 0 Å². The Hall–Kier alpha value is -5.70. The number of aromatic nitrogens is 2. The minimum absolute atomic E-state index is 0.349. The molecule has 9 nitrogen and oxygen atoms in total. The van der Waals surface area contributed by atoms with Gasteiger partial charge in [0.25, 0.3) is 0 Å². The van der Waals surface area contributed by atoms with Crippen molar-refractivity contribution in [3.63, 3.8) is 0 Å². The molecule has 0 bridgehead atoms. The van der Waals surface area contributed by atoms with Crippen molar-refractivity contribution < 1.29 is 33.3 Å². The van der Waals surface area contributed by atoms with Crippen molar-refractivity contribution in [2.75, 3.05) is 27.4 Å². The van der Waals surface area contributed by atoms with Crippen molar-refractivity contribution in [1.82, 2.24) is 9.97 Å². The number of hydrogen-bond acceptors (Lipinski definition) is 9. The maximum Gasteiger partial charge on any atom is 0.343 e. The van der Waals surface area contributed by atoms with E-state index in [0.717, 1.165) is 42.9 Å². The molecular formula is C38H36N2O7. The lowest BCUT2D eigenvalue weighted by Crippen LogP contribution is -2.08. The lowest BCUT2D eigenvalue weighted by Gasteiger charge is -2.13. The summed E-state index contributed by atoms with van der Waals surface area (Å²) < 4.78 is 27.4. The molecular weight excluding hydrogens is 596 g/mol. The van der Waals surface area contributed by atoms with Crippen LogP contribution in [0.15, 0.2) is 104 Å². The molecule has 0 amide bonds. The zero-order valence-corrected chi connectivity index (χ0v) is 26.4. The van der Waals surface area contributed by atoms with Gasteiger partial charge in [0.05, 0.1) is 55.4 Å². The zero-order valence-electron chi connectivity index (χ0n) is 26.4. The van der Waals surface area contributed by atoms with Crippen LogP contribution in [0, 0.1) is 0 Å². The van der Waals surface area contributed by atoms with Crippen LogP contribution < -0.4 is 18.9 Å². The molecule has 0 atom stereocenters. The molecule has 0 saturated carbocycles. The van der Waals surface area contributed by atoms with Crippen LogP contribution >= 0.6 is 0 Å². The number of ether oxygens (including phenoxy) is 5. The zero-order chi connectivity index (χ0) is 33.0. The lowest BCUT2D eigenvalue weighted by molar-refractivity contribution is -0.137. The van der Waals surface area contributed by atoms with E-state index in [9.17, 15) is 9.59 Å². The Bertz CT molecular complexity index is 1850. The van der Waals surface area contributed by atoms with Gasteiger partial charge in [-0.05, 0) is 86.3 Å². The number of rotatable bonds is 15. The van der Waals surface area contributed by atoms with Gasteiger partial charge in [-0.2, -0.15) is 0 Å². The Morgan fingerprint density at radius 1 is 0.660 bits per heavy atom. The van der Waals surface area contributed by atoms with E-state index in [-0.39, 0.29) is 0 Å². The molecule has 0 saturated heterocycles. The number of esters is 2. The molecule has 0 aliphatic heterocycles. The van der Waals surface area contributed by atoms with Gasteiger partial charge in [0.15, 0.2) is 0 Å². The lowest BCUT2D eigenvalue weighted by atomic mass is 10.0. The molecule has 4 aromatic carbocycles. The Kier molecular flexibility index (Phi) is 11.2. The summed E-state index contributed by atoms with van der Waals surface area (Å²) in [7, 11) is 3.24. The molecule has 1 heterocycles. The van der Waals surface area contributed by atoms with Gasteiger partial charge >= 0.3 is 11.9 Å². The van der Waals surface area contributed by atoms with E-state index in [1.54, 1.807) is 56.7 Å². The van der Waals surface area contributed by atoms with Gasteiger partial charge in [0, 0.05) is 23.3 Å². The first-order chi connectivity index (χ1) is 23.0. The van der Waals surface area contributed by atoms with Gasteiger partial charge in [0.2, 0.25) is 0 Å². The highest BCUT2D eigenvalue weighted by molar-refractivity contribution is 5.92. The fourth-order valence-corrected chi connectivity index (χ4v) is 4.87. The number of methoxy groups -OCH3 is 2. The van der Waals surface area contributed by atoms with Crippen LogP contribution in [0.25, 0.3) is 33.5 Å². The standard InChI is InChI=1S/C38H36N2O7/c1-4-35(41)46-22-8-6-5-7-21-45-29-17-15-26(16-18-29)38(42)47-32-19-20-33-34(25-32)40-37(28-12-10-14-31(24-28)44-3)36(39-33)27-11-9-13-30(23-27)43-2/h4,9-20,23-25H,1,5-8,21-22H2,2-3H3. The minimum atomic E-state index is -0.498. The molecule has 0 unspecified atom stereocenters. The van der Waals surface area contributed by atoms with Crippen molar-refractivity contribution in [1.29, 1.82) is 0 Å². The minimum Gasteiger partial charge on any atom is -0.497 e. The average molecular weight is 633 g/mol. The van der Waals surface area contributed by atoms with Gasteiger partial charge in [0.1, 0.15) is 23.0 Å². The summed E-state index contributed by atoms with van der Waals surface area (Å²) in [6.07, 6.45) is 4.72. The maximum atomic E-state index is 13.0. The predicted molar refractivity (Wildman–Crippen MR) is 180 cm³/mol. The fourth-order valence-electron chi connectivity index (χ4n) is 4.87. The highest BCUT2D eigenvalue weighted by Crippen LogP contribution is 2.34. The molecule has 0 spiro atoms. The molecule has 47 heavy (non-hydrogen) atoms. The second-order valence-corrected chi connectivity index (χ2v) is 10.6. The first-order valence-electron chi connectivity index (χ1n) is 15.3. The number of hydrogen-bond donors (Lipinski definition) is 0. The van der Waals surface area contributed by atoms with E-state index in [4.69, 9.17) is 33.7 Å². The van der Waals surface area contributed by atoms with Gasteiger partial charge in [-0.15, -0.1) is 0 Å². The van der Waals surface area contributed by atoms with Crippen LogP contribution in [0.1, 0.15) is 36.0 Å². The molecule has 9 heteroatoms. The number of carbonyl (C=O) groups is 2. The van der Waals surface area contributed by atoms with E-state index in [1.807, 2.05) is 48.5 Å². The maximum absolute atomic E-state index is 13.0. The first-order valence-corrected chi connectivity index (χ1v) is 15.3. The second-order valence-electron chi connectivity index (χ2n) is 10.6. The van der Waals surface area contributed by atoms with Crippen molar-refractivity contribution in [2.45, 2.75) is 25.7 Å². The SMILES string of the molecule is C=CC(=O)OCCCCCCOc1ccc(C(=O)Oc2ccc3nc(-c4cccc(OC)c4)c(-c4cccc(OC)c4)nc3c2)cc1. The molecule has 0 aliphatic carbocycles. The molecule has 0 aliphatic rings. The van der Waals surface area contributed by atoms with E-state index in [1.165, 1.54) is 0 Å². The third-order valence-corrected chi connectivity index (χ3v) is 7.34. The van der Waals surface area contributed by atoms with Crippen LogP contribution in [0.3, 0.4) is 0 Å². The summed E-state index contributed by atoms with van der Waals surface area (Å²) in [6.45, 7) is 4.32. The molecule has 240 valence electrons. The largest absolute Gasteiger partial charge is 0.497 e. The van der Waals surface area contributed by atoms with Crippen molar-refractivity contribution >= 4 is 23.0 Å². The highest BCUT2D eigenvalue weighted by atomic mass is 16.5. The van der Waals surface area contributed by atoms with E-state index < -0.39 is 11.9 Å². The van der Waals surface area contributed by atoms with Gasteiger partial charge < -0.3 is 23.7 Å². The average Bonchev–Trinajstić information content (AvgIpc) is 3.12. The molecule has 0 N–H and O–H groups in total. The van der Waals surface area contributed by atoms with Gasteiger partial charge in [-0.25, -0.2) is 19.6 Å². The third-order valence-electron chi connectivity index (χ3n) is 7.34. The number of carbonyl (C=O) groups excluding carboxylic acids is 2. The summed E-state index contributed by atoms with van der Waals surface area (Å²) in [5.41, 5.74) is 4.62. The Balaban J connectivity index is 1.26. The molecule has 5 aromatic rings. The smallest absolute Gasteiger partial charge is 0.343 e. The van der Waals surface area contributed by atoms with Gasteiger partial charge in [-0.1, -0.05) is 30.8 Å². The quantitative estimate of drug-likeness (QED) is 0.0493. The fraction of sp³-hybridized carbons (Fsp3) is 0.211. The second kappa shape index (κ2) is 16.0. The van der Waals surface area contributed by atoms with Crippen LogP contribution in [0.4, 0.5) is 0 Å². The normalized spacial score (nSPS) is 10.7. The van der Waals surface area contributed by atoms with E-state index >= 15 is 0 Å². The highest BCUT2D eigenvalue weighted by Gasteiger charge is 2.16. The van der Waals surface area contributed by atoms with Crippen LogP contribution in [-0.2, 0) is 9.53 Å². The predicted octanol–water partition coefficient (Wildman–Crippen LogP) is 7.87. The molecule has 1 aromatic heterocycles. The summed E-state index contributed by atoms with van der Waals surface area (Å²) in [5, 5.41) is 0. The topological polar surface area (TPSA) is 106 Å². The monoisotopic (exact) mass is 632 g/mol. The van der Waals surface area contributed by atoms with Crippen molar-refractivity contribution in [3.05, 3.63) is 109 Å². The van der Waals surface area contributed by atoms with Gasteiger partial charge in [-0.3, -0.25) is 0 Å². The summed E-state index contributed by atoms with van der Waals surface area (Å²) in [6, 6.07) is 27.3. The Labute approximate surface area is 273 Å². The number of fused-ring (bicyclic) bond motifs is 1. The molecule has 0 fully saturated rings. The Morgan fingerprint density at radius 2 is 1.26 bits per heavy atom. The number of unbranched alkanes of at least 4 members (excludes halogenated alkanes) is 3. The number of benzene rings is 4. The van der Waals surface area contributed by atoms with Crippen molar-refractivity contribution in [2.24, 2.45) is 0 Å². The number of nitrogens with zero attached hydrogens (tertiary/aromatic N) is 2. The van der Waals surface area contributed by atoms with Crippen LogP contribution in [-0.4, -0.2) is 49.3 Å². The summed E-state index contributed by atoms with van der Waals surface area (Å²) in [5.74, 6) is 1.52. The van der Waals surface area contributed by atoms with E-state index in [2.05, 4.69) is 6.58 Å². The van der Waals surface area contributed by atoms with Crippen molar-refractivity contribution in [3.8, 4) is 45.5 Å². The molecule has 0 radical (unpaired) electrons.